The Morgan fingerprint density at radius 3 is 2.67 bits per heavy atom. The van der Waals surface area contributed by atoms with Crippen molar-refractivity contribution in [3.63, 3.8) is 0 Å². The molecule has 8 heteroatoms. The predicted octanol–water partition coefficient (Wildman–Crippen LogP) is 4.98. The topological polar surface area (TPSA) is 115 Å². The third-order valence-electron chi connectivity index (χ3n) is 6.64. The van der Waals surface area contributed by atoms with Crippen LogP contribution in [0.4, 0.5) is 5.82 Å². The molecule has 6 rings (SSSR count). The molecule has 4 heterocycles. The lowest BCUT2D eigenvalue weighted by atomic mass is 9.96. The van der Waals surface area contributed by atoms with E-state index in [-0.39, 0.29) is 17.3 Å². The van der Waals surface area contributed by atoms with Gasteiger partial charge in [-0.05, 0) is 36.8 Å². The highest BCUT2D eigenvalue weighted by molar-refractivity contribution is 6.09. The maximum Gasteiger partial charge on any atom is 0.257 e. The Morgan fingerprint density at radius 2 is 1.87 bits per heavy atom. The summed E-state index contributed by atoms with van der Waals surface area (Å²) in [4.78, 5) is 25.7. The number of H-pyrrole nitrogens is 1. The van der Waals surface area contributed by atoms with Crippen LogP contribution in [0.3, 0.4) is 0 Å². The molecule has 0 saturated carbocycles. The van der Waals surface area contributed by atoms with E-state index in [1.807, 2.05) is 62.6 Å². The molecule has 0 bridgehead atoms. The molecule has 190 valence electrons. The molecule has 4 N–H and O–H groups in total. The molecule has 0 unspecified atom stereocenters. The molecule has 8 nitrogen and oxygen atoms in total. The molecule has 0 radical (unpaired) electrons. The third-order valence-corrected chi connectivity index (χ3v) is 6.64. The summed E-state index contributed by atoms with van der Waals surface area (Å²) in [5.74, 6) is 6.35. The van der Waals surface area contributed by atoms with Crippen molar-refractivity contribution in [2.24, 2.45) is 7.05 Å². The van der Waals surface area contributed by atoms with Gasteiger partial charge in [-0.1, -0.05) is 48.2 Å². The monoisotopic (exact) mass is 511 g/mol. The summed E-state index contributed by atoms with van der Waals surface area (Å²) in [6, 6.07) is 19.4. The maximum atomic E-state index is 13.5. The van der Waals surface area contributed by atoms with Crippen LogP contribution in [0, 0.1) is 11.8 Å². The number of nitrogen functional groups attached to an aromatic ring is 1. The molecule has 0 fully saturated rings. The van der Waals surface area contributed by atoms with Crippen LogP contribution in [0.25, 0.3) is 32.9 Å². The van der Waals surface area contributed by atoms with E-state index >= 15 is 0 Å². The van der Waals surface area contributed by atoms with Crippen LogP contribution in [0.1, 0.15) is 40.1 Å². The number of aromatic amines is 1. The Bertz CT molecular complexity index is 1910. The molecular weight excluding hydrogens is 486 g/mol. The van der Waals surface area contributed by atoms with Crippen LogP contribution in [-0.4, -0.2) is 30.6 Å². The standard InChI is InChI=1S/C31H25N7O/c1-19(36-31(39)27-29-23(11-7-15-33-29)17-34-30(27)32)28-26(21-8-4-3-5-9-21)25-22(10-6-12-24(25)37-28)14-13-20-16-35-38(2)18-20/h3-12,15-19,37H,1-2H3,(H2,32,34)(H,36,39)/t19-/m1/s1. The zero-order valence-corrected chi connectivity index (χ0v) is 21.4. The predicted molar refractivity (Wildman–Crippen MR) is 153 cm³/mol. The number of nitrogens with one attached hydrogen (secondary N) is 2. The van der Waals surface area contributed by atoms with Crippen LogP contribution in [-0.2, 0) is 7.05 Å². The number of anilines is 1. The van der Waals surface area contributed by atoms with Crippen molar-refractivity contribution in [1.82, 2.24) is 30.0 Å². The average molecular weight is 512 g/mol. The van der Waals surface area contributed by atoms with E-state index in [4.69, 9.17) is 5.73 Å². The molecular formula is C31H25N7O. The second-order valence-electron chi connectivity index (χ2n) is 9.32. The van der Waals surface area contributed by atoms with Gasteiger partial charge in [-0.25, -0.2) is 4.98 Å². The number of nitrogens with zero attached hydrogens (tertiary/aromatic N) is 4. The van der Waals surface area contributed by atoms with Gasteiger partial charge in [-0.2, -0.15) is 5.10 Å². The van der Waals surface area contributed by atoms with Gasteiger partial charge in [0.1, 0.15) is 11.4 Å². The molecule has 1 atom stereocenters. The molecule has 4 aromatic heterocycles. The third kappa shape index (κ3) is 4.47. The highest BCUT2D eigenvalue weighted by Gasteiger charge is 2.24. The lowest BCUT2D eigenvalue weighted by Gasteiger charge is -2.17. The number of fused-ring (bicyclic) bond motifs is 2. The summed E-state index contributed by atoms with van der Waals surface area (Å²) in [5.41, 5.74) is 12.4. The van der Waals surface area contributed by atoms with Gasteiger partial charge in [0.2, 0.25) is 0 Å². The van der Waals surface area contributed by atoms with Crippen molar-refractivity contribution >= 4 is 33.5 Å². The SMILES string of the molecule is C[C@@H](NC(=O)c1c(N)ncc2cccnc12)c1[nH]c2cccc(C#Cc3cnn(C)c3)c2c1-c1ccccc1. The maximum absolute atomic E-state index is 13.5. The van der Waals surface area contributed by atoms with Gasteiger partial charge in [0.05, 0.1) is 23.3 Å². The zero-order valence-electron chi connectivity index (χ0n) is 21.4. The molecule has 0 aliphatic carbocycles. The minimum Gasteiger partial charge on any atom is -0.383 e. The van der Waals surface area contributed by atoms with Crippen molar-refractivity contribution in [2.75, 3.05) is 5.73 Å². The first kappa shape index (κ1) is 23.9. The quantitative estimate of drug-likeness (QED) is 0.289. The minimum atomic E-state index is -0.391. The average Bonchev–Trinajstić information content (AvgIpc) is 3.56. The van der Waals surface area contributed by atoms with E-state index in [0.717, 1.165) is 44.2 Å². The van der Waals surface area contributed by atoms with E-state index in [1.165, 1.54) is 0 Å². The Kier molecular flexibility index (Phi) is 6.02. The first-order valence-corrected chi connectivity index (χ1v) is 12.5. The van der Waals surface area contributed by atoms with Gasteiger partial charge in [0.15, 0.2) is 0 Å². The van der Waals surface area contributed by atoms with Gasteiger partial charge >= 0.3 is 0 Å². The smallest absolute Gasteiger partial charge is 0.257 e. The van der Waals surface area contributed by atoms with Crippen molar-refractivity contribution < 1.29 is 4.79 Å². The molecule has 2 aromatic carbocycles. The molecule has 0 aliphatic rings. The second kappa shape index (κ2) is 9.80. The van der Waals surface area contributed by atoms with Crippen LogP contribution in [0.2, 0.25) is 0 Å². The van der Waals surface area contributed by atoms with Crippen LogP contribution >= 0.6 is 0 Å². The number of rotatable bonds is 4. The van der Waals surface area contributed by atoms with Gasteiger partial charge < -0.3 is 16.0 Å². The van der Waals surface area contributed by atoms with Crippen molar-refractivity contribution in [3.05, 3.63) is 108 Å². The van der Waals surface area contributed by atoms with Crippen LogP contribution in [0.15, 0.2) is 85.5 Å². The van der Waals surface area contributed by atoms with Crippen LogP contribution in [0.5, 0.6) is 0 Å². The Balaban J connectivity index is 1.46. The number of aryl methyl sites for hydroxylation is 1. The molecule has 0 saturated heterocycles. The number of aromatic nitrogens is 5. The van der Waals surface area contributed by atoms with E-state index in [1.54, 1.807) is 29.3 Å². The van der Waals surface area contributed by atoms with Crippen LogP contribution < -0.4 is 11.1 Å². The Morgan fingerprint density at radius 1 is 1.03 bits per heavy atom. The largest absolute Gasteiger partial charge is 0.383 e. The number of amides is 1. The summed E-state index contributed by atoms with van der Waals surface area (Å²) in [5, 5.41) is 9.07. The van der Waals surface area contributed by atoms with Crippen molar-refractivity contribution in [1.29, 1.82) is 0 Å². The normalized spacial score (nSPS) is 11.7. The summed E-state index contributed by atoms with van der Waals surface area (Å²) in [7, 11) is 1.87. The Hall–Kier alpha value is -5.42. The molecule has 0 aliphatic heterocycles. The van der Waals surface area contributed by atoms with Gasteiger partial charge in [0.25, 0.3) is 5.91 Å². The molecule has 1 amide bonds. The number of pyridine rings is 2. The highest BCUT2D eigenvalue weighted by Crippen LogP contribution is 2.37. The number of hydrogen-bond acceptors (Lipinski definition) is 5. The summed E-state index contributed by atoms with van der Waals surface area (Å²) < 4.78 is 1.73. The summed E-state index contributed by atoms with van der Waals surface area (Å²) >= 11 is 0. The fraction of sp³-hybridized carbons (Fsp3) is 0.0968. The number of carbonyl (C=O) groups is 1. The lowest BCUT2D eigenvalue weighted by Crippen LogP contribution is -2.28. The van der Waals surface area contributed by atoms with E-state index in [0.29, 0.717) is 5.52 Å². The number of hydrogen-bond donors (Lipinski definition) is 3. The highest BCUT2D eigenvalue weighted by atomic mass is 16.1. The number of nitrogens with two attached hydrogens (primary N) is 1. The van der Waals surface area contributed by atoms with E-state index < -0.39 is 6.04 Å². The summed E-state index contributed by atoms with van der Waals surface area (Å²) in [6.07, 6.45) is 6.89. The zero-order chi connectivity index (χ0) is 26.9. The van der Waals surface area contributed by atoms with Gasteiger partial charge in [-0.3, -0.25) is 14.5 Å². The lowest BCUT2D eigenvalue weighted by molar-refractivity contribution is 0.0941. The Labute approximate surface area is 224 Å². The first-order chi connectivity index (χ1) is 19.0. The summed E-state index contributed by atoms with van der Waals surface area (Å²) in [6.45, 7) is 1.94. The second-order valence-corrected chi connectivity index (χ2v) is 9.32. The molecule has 6 aromatic rings. The fourth-order valence-corrected chi connectivity index (χ4v) is 4.85. The molecule has 39 heavy (non-hydrogen) atoms. The van der Waals surface area contributed by atoms with E-state index in [2.05, 4.69) is 49.3 Å². The fourth-order valence-electron chi connectivity index (χ4n) is 4.85. The molecule has 0 spiro atoms. The number of benzene rings is 2. The van der Waals surface area contributed by atoms with Crippen molar-refractivity contribution in [3.8, 4) is 23.0 Å². The minimum absolute atomic E-state index is 0.138. The first-order valence-electron chi connectivity index (χ1n) is 12.5. The van der Waals surface area contributed by atoms with Crippen molar-refractivity contribution in [2.45, 2.75) is 13.0 Å². The number of carbonyl (C=O) groups excluding carboxylic acids is 1. The van der Waals surface area contributed by atoms with Gasteiger partial charge in [-0.15, -0.1) is 0 Å². The van der Waals surface area contributed by atoms with E-state index in [9.17, 15) is 4.79 Å². The van der Waals surface area contributed by atoms with Gasteiger partial charge in [0, 0.05) is 58.7 Å².